The van der Waals surface area contributed by atoms with E-state index >= 15 is 0 Å². The van der Waals surface area contributed by atoms with Crippen LogP contribution in [0.15, 0.2) is 48.5 Å². The number of carbonyl (C=O) groups is 2. The van der Waals surface area contributed by atoms with Crippen molar-refractivity contribution in [2.24, 2.45) is 0 Å². The van der Waals surface area contributed by atoms with Crippen LogP contribution in [0.5, 0.6) is 5.75 Å². The van der Waals surface area contributed by atoms with Crippen molar-refractivity contribution in [1.82, 2.24) is 0 Å². The molecule has 0 unspecified atom stereocenters. The van der Waals surface area contributed by atoms with E-state index in [1.807, 2.05) is 0 Å². The van der Waals surface area contributed by atoms with E-state index in [0.29, 0.717) is 10.8 Å². The summed E-state index contributed by atoms with van der Waals surface area (Å²) in [5, 5.41) is 13.6. The first kappa shape index (κ1) is 19.2. The highest BCUT2D eigenvalue weighted by Gasteiger charge is 2.21. The molecule has 2 aromatic rings. The molecule has 9 heteroatoms. The molecular formula is C17H15ClN2O6. The van der Waals surface area contributed by atoms with E-state index in [-0.39, 0.29) is 11.4 Å². The van der Waals surface area contributed by atoms with Crippen LogP contribution in [0, 0.1) is 10.1 Å². The first-order chi connectivity index (χ1) is 12.4. The third-order valence-electron chi connectivity index (χ3n) is 3.22. The predicted molar refractivity (Wildman–Crippen MR) is 94.2 cm³/mol. The van der Waals surface area contributed by atoms with Gasteiger partial charge in [-0.05, 0) is 25.1 Å². The zero-order valence-electron chi connectivity index (χ0n) is 13.7. The summed E-state index contributed by atoms with van der Waals surface area (Å²) in [6, 6.07) is 12.2. The molecule has 8 nitrogen and oxygen atoms in total. The average molecular weight is 379 g/mol. The van der Waals surface area contributed by atoms with Crippen molar-refractivity contribution in [3.05, 3.63) is 63.7 Å². The fraction of sp³-hybridized carbons (Fsp3) is 0.176. The van der Waals surface area contributed by atoms with Gasteiger partial charge in [0.05, 0.1) is 9.95 Å². The van der Waals surface area contributed by atoms with Gasteiger partial charge in [-0.3, -0.25) is 14.9 Å². The Morgan fingerprint density at radius 3 is 2.54 bits per heavy atom. The topological polar surface area (TPSA) is 108 Å². The van der Waals surface area contributed by atoms with Crippen LogP contribution in [0.3, 0.4) is 0 Å². The zero-order chi connectivity index (χ0) is 19.1. The highest BCUT2D eigenvalue weighted by Crippen LogP contribution is 2.24. The van der Waals surface area contributed by atoms with Crippen LogP contribution in [0.1, 0.15) is 6.92 Å². The maximum atomic E-state index is 12.1. The SMILES string of the molecule is C[C@H](OC(=O)COc1ccccc1Cl)C(=O)Nc1ccccc1[N+](=O)[O-]. The Balaban J connectivity index is 1.90. The Labute approximate surface area is 153 Å². The van der Waals surface area contributed by atoms with Crippen molar-refractivity contribution in [3.8, 4) is 5.75 Å². The van der Waals surface area contributed by atoms with Gasteiger partial charge in [-0.2, -0.15) is 0 Å². The van der Waals surface area contributed by atoms with E-state index in [0.717, 1.165) is 0 Å². The number of anilines is 1. The van der Waals surface area contributed by atoms with Crippen LogP contribution >= 0.6 is 11.6 Å². The van der Waals surface area contributed by atoms with E-state index in [4.69, 9.17) is 21.1 Å². The Hall–Kier alpha value is -3.13. The van der Waals surface area contributed by atoms with Gasteiger partial charge in [0.15, 0.2) is 12.7 Å². The van der Waals surface area contributed by atoms with E-state index in [9.17, 15) is 19.7 Å². The molecule has 0 saturated heterocycles. The largest absolute Gasteiger partial charge is 0.480 e. The number of rotatable bonds is 7. The second kappa shape index (κ2) is 8.82. The van der Waals surface area contributed by atoms with Gasteiger partial charge in [0.1, 0.15) is 11.4 Å². The van der Waals surface area contributed by atoms with E-state index in [1.54, 1.807) is 24.3 Å². The van der Waals surface area contributed by atoms with Gasteiger partial charge in [0, 0.05) is 6.07 Å². The Morgan fingerprint density at radius 1 is 1.19 bits per heavy atom. The fourth-order valence-electron chi connectivity index (χ4n) is 1.96. The number of benzene rings is 2. The van der Waals surface area contributed by atoms with Gasteiger partial charge in [-0.1, -0.05) is 35.9 Å². The van der Waals surface area contributed by atoms with Crippen LogP contribution in [0.25, 0.3) is 0 Å². The lowest BCUT2D eigenvalue weighted by atomic mass is 10.2. The molecule has 26 heavy (non-hydrogen) atoms. The number of nitro benzene ring substituents is 1. The monoisotopic (exact) mass is 378 g/mol. The van der Waals surface area contributed by atoms with Crippen molar-refractivity contribution in [3.63, 3.8) is 0 Å². The van der Waals surface area contributed by atoms with Gasteiger partial charge in [0.2, 0.25) is 0 Å². The molecule has 2 aromatic carbocycles. The molecule has 1 N–H and O–H groups in total. The van der Waals surface area contributed by atoms with Crippen LogP contribution in [0.2, 0.25) is 5.02 Å². The lowest BCUT2D eigenvalue weighted by molar-refractivity contribution is -0.383. The lowest BCUT2D eigenvalue weighted by Crippen LogP contribution is -2.31. The summed E-state index contributed by atoms with van der Waals surface area (Å²) in [7, 11) is 0. The summed E-state index contributed by atoms with van der Waals surface area (Å²) < 4.78 is 10.2. The number of carbonyl (C=O) groups excluding carboxylic acids is 2. The average Bonchev–Trinajstić information content (AvgIpc) is 2.61. The van der Waals surface area contributed by atoms with Gasteiger partial charge in [-0.15, -0.1) is 0 Å². The van der Waals surface area contributed by atoms with E-state index < -0.39 is 29.5 Å². The minimum absolute atomic E-state index is 0.0118. The van der Waals surface area contributed by atoms with Gasteiger partial charge in [-0.25, -0.2) is 4.79 Å². The third-order valence-corrected chi connectivity index (χ3v) is 3.53. The molecule has 1 amide bonds. The first-order valence-corrected chi connectivity index (χ1v) is 7.87. The van der Waals surface area contributed by atoms with Gasteiger partial charge >= 0.3 is 5.97 Å². The minimum atomic E-state index is -1.17. The normalized spacial score (nSPS) is 11.3. The second-order valence-corrected chi connectivity index (χ2v) is 5.52. The van der Waals surface area contributed by atoms with Crippen molar-refractivity contribution in [2.75, 3.05) is 11.9 Å². The number of amides is 1. The molecule has 0 fully saturated rings. The summed E-state index contributed by atoms with van der Waals surface area (Å²) >= 11 is 5.90. The number of nitrogens with zero attached hydrogens (tertiary/aromatic N) is 1. The molecule has 0 bridgehead atoms. The number of nitro groups is 1. The number of para-hydroxylation sites is 3. The van der Waals surface area contributed by atoms with Crippen molar-refractivity contribution in [1.29, 1.82) is 0 Å². The minimum Gasteiger partial charge on any atom is -0.480 e. The highest BCUT2D eigenvalue weighted by molar-refractivity contribution is 6.32. The highest BCUT2D eigenvalue weighted by atomic mass is 35.5. The molecule has 0 spiro atoms. The first-order valence-electron chi connectivity index (χ1n) is 7.49. The molecule has 0 aliphatic carbocycles. The maximum absolute atomic E-state index is 12.1. The summed E-state index contributed by atoms with van der Waals surface area (Å²) in [4.78, 5) is 34.2. The molecule has 0 aliphatic rings. The quantitative estimate of drug-likeness (QED) is 0.450. The number of esters is 1. The number of halogens is 1. The van der Waals surface area contributed by atoms with Gasteiger partial charge < -0.3 is 14.8 Å². The molecule has 0 aliphatic heterocycles. The number of nitrogens with one attached hydrogen (secondary N) is 1. The third kappa shape index (κ3) is 5.18. The molecule has 1 atom stereocenters. The molecule has 0 saturated carbocycles. The predicted octanol–water partition coefficient (Wildman–Crippen LogP) is 3.20. The molecule has 136 valence electrons. The molecule has 2 rings (SSSR count). The summed E-state index contributed by atoms with van der Waals surface area (Å²) in [5.41, 5.74) is -0.251. The van der Waals surface area contributed by atoms with Crippen molar-refractivity contribution < 1.29 is 24.0 Å². The second-order valence-electron chi connectivity index (χ2n) is 5.11. The van der Waals surface area contributed by atoms with E-state index in [1.165, 1.54) is 31.2 Å². The molecule has 0 aromatic heterocycles. The lowest BCUT2D eigenvalue weighted by Gasteiger charge is -2.14. The van der Waals surface area contributed by atoms with Crippen LogP contribution in [-0.2, 0) is 14.3 Å². The number of hydrogen-bond donors (Lipinski definition) is 1. The number of hydrogen-bond acceptors (Lipinski definition) is 6. The van der Waals surface area contributed by atoms with Crippen LogP contribution in [0.4, 0.5) is 11.4 Å². The zero-order valence-corrected chi connectivity index (χ0v) is 14.4. The summed E-state index contributed by atoms with van der Waals surface area (Å²) in [5.74, 6) is -1.18. The van der Waals surface area contributed by atoms with Crippen molar-refractivity contribution in [2.45, 2.75) is 13.0 Å². The van der Waals surface area contributed by atoms with Crippen LogP contribution < -0.4 is 10.1 Å². The Morgan fingerprint density at radius 2 is 1.85 bits per heavy atom. The van der Waals surface area contributed by atoms with Gasteiger partial charge in [0.25, 0.3) is 11.6 Å². The van der Waals surface area contributed by atoms with E-state index in [2.05, 4.69) is 5.32 Å². The fourth-order valence-corrected chi connectivity index (χ4v) is 2.15. The van der Waals surface area contributed by atoms with Crippen LogP contribution in [-0.4, -0.2) is 29.5 Å². The maximum Gasteiger partial charge on any atom is 0.344 e. The standard InChI is InChI=1S/C17H15ClN2O6/c1-11(17(22)19-13-7-3-4-8-14(13)20(23)24)26-16(21)10-25-15-9-5-2-6-12(15)18/h2-9,11H,10H2,1H3,(H,19,22)/t11-/m0/s1. The molecule has 0 radical (unpaired) electrons. The number of ether oxygens (including phenoxy) is 2. The molecule has 0 heterocycles. The summed E-state index contributed by atoms with van der Waals surface area (Å²) in [6.45, 7) is 0.907. The smallest absolute Gasteiger partial charge is 0.344 e. The molecular weight excluding hydrogens is 364 g/mol. The Kier molecular flexibility index (Phi) is 6.51. The Bertz CT molecular complexity index is 826. The summed E-state index contributed by atoms with van der Waals surface area (Å²) in [6.07, 6.45) is -1.17. The van der Waals surface area contributed by atoms with Crippen molar-refractivity contribution >= 4 is 34.9 Å².